The van der Waals surface area contributed by atoms with Crippen molar-refractivity contribution in [2.24, 2.45) is 0 Å². The van der Waals surface area contributed by atoms with Crippen molar-refractivity contribution in [3.05, 3.63) is 38.3 Å². The van der Waals surface area contributed by atoms with E-state index >= 15 is 0 Å². The molecular formula is C9H7BrClNO3. The minimum atomic E-state index is -0.974. The maximum atomic E-state index is 11.0. The van der Waals surface area contributed by atoms with Crippen molar-refractivity contribution < 1.29 is 9.72 Å². The lowest BCUT2D eigenvalue weighted by molar-refractivity contribution is -0.385. The van der Waals surface area contributed by atoms with Gasteiger partial charge in [0.25, 0.3) is 5.69 Å². The molecule has 0 saturated heterocycles. The van der Waals surface area contributed by atoms with Crippen molar-refractivity contribution >= 4 is 39.0 Å². The fraction of sp³-hybridized carbons (Fsp3) is 0.222. The van der Waals surface area contributed by atoms with E-state index in [1.165, 1.54) is 19.1 Å². The molecule has 0 radical (unpaired) electrons. The number of rotatable bonds is 3. The molecule has 1 rings (SSSR count). The minimum Gasteiger partial charge on any atom is -0.298 e. The highest BCUT2D eigenvalue weighted by molar-refractivity contribution is 9.10. The van der Waals surface area contributed by atoms with Gasteiger partial charge in [-0.05, 0) is 19.1 Å². The molecule has 0 aliphatic heterocycles. The van der Waals surface area contributed by atoms with Crippen LogP contribution in [0, 0.1) is 10.1 Å². The maximum absolute atomic E-state index is 11.0. The number of carbonyl (C=O) groups excluding carboxylic acids is 1. The third-order valence-corrected chi connectivity index (χ3v) is 2.85. The highest BCUT2D eigenvalue weighted by Gasteiger charge is 2.23. The molecule has 0 aromatic heterocycles. The Morgan fingerprint density at radius 2 is 2.20 bits per heavy atom. The van der Waals surface area contributed by atoms with E-state index in [0.29, 0.717) is 4.47 Å². The van der Waals surface area contributed by atoms with E-state index in [1.807, 2.05) is 0 Å². The standard InChI is InChI=1S/C9H7BrClNO3/c1-5(13)9(11)7-3-2-6(10)4-8(7)12(14)15/h2-4,9H,1H3. The molecule has 0 amide bonds. The second-order valence-corrected chi connectivity index (χ2v) is 4.29. The first kappa shape index (κ1) is 12.1. The third-order valence-electron chi connectivity index (χ3n) is 1.82. The van der Waals surface area contributed by atoms with E-state index in [1.54, 1.807) is 6.07 Å². The van der Waals surface area contributed by atoms with Crippen LogP contribution in [-0.2, 0) is 4.79 Å². The SMILES string of the molecule is CC(=O)C(Cl)c1ccc(Br)cc1[N+](=O)[O-]. The monoisotopic (exact) mass is 291 g/mol. The van der Waals surface area contributed by atoms with Crippen LogP contribution in [0.3, 0.4) is 0 Å². The molecule has 6 heteroatoms. The van der Waals surface area contributed by atoms with Gasteiger partial charge in [0, 0.05) is 10.5 Å². The number of halogens is 2. The summed E-state index contributed by atoms with van der Waals surface area (Å²) in [6.07, 6.45) is 0. The van der Waals surface area contributed by atoms with Crippen molar-refractivity contribution in [2.75, 3.05) is 0 Å². The average Bonchev–Trinajstić information content (AvgIpc) is 2.16. The number of Topliss-reactive ketones (excluding diaryl/α,β-unsaturated/α-hetero) is 1. The summed E-state index contributed by atoms with van der Waals surface area (Å²) in [6.45, 7) is 1.30. The van der Waals surface area contributed by atoms with E-state index < -0.39 is 10.3 Å². The first-order valence-electron chi connectivity index (χ1n) is 4.02. The molecule has 0 spiro atoms. The largest absolute Gasteiger partial charge is 0.298 e. The summed E-state index contributed by atoms with van der Waals surface area (Å²) in [7, 11) is 0. The lowest BCUT2D eigenvalue weighted by atomic mass is 10.1. The summed E-state index contributed by atoms with van der Waals surface area (Å²) in [4.78, 5) is 21.2. The summed E-state index contributed by atoms with van der Waals surface area (Å²) >= 11 is 8.89. The van der Waals surface area contributed by atoms with Gasteiger partial charge in [0.2, 0.25) is 0 Å². The smallest absolute Gasteiger partial charge is 0.275 e. The van der Waals surface area contributed by atoms with E-state index in [9.17, 15) is 14.9 Å². The average molecular weight is 293 g/mol. The number of benzene rings is 1. The number of nitrogens with zero attached hydrogens (tertiary/aromatic N) is 1. The van der Waals surface area contributed by atoms with Gasteiger partial charge in [0.05, 0.1) is 10.5 Å². The van der Waals surface area contributed by atoms with Crippen molar-refractivity contribution in [2.45, 2.75) is 12.3 Å². The van der Waals surface area contributed by atoms with E-state index in [4.69, 9.17) is 11.6 Å². The van der Waals surface area contributed by atoms with Gasteiger partial charge in [0.1, 0.15) is 5.38 Å². The summed E-state index contributed by atoms with van der Waals surface area (Å²) in [5, 5.41) is 9.74. The highest BCUT2D eigenvalue weighted by Crippen LogP contribution is 2.32. The molecule has 1 unspecified atom stereocenters. The molecule has 0 N–H and O–H groups in total. The molecule has 0 saturated carbocycles. The van der Waals surface area contributed by atoms with Crippen molar-refractivity contribution in [3.8, 4) is 0 Å². The molecule has 15 heavy (non-hydrogen) atoms. The second kappa shape index (κ2) is 4.72. The summed E-state index contributed by atoms with van der Waals surface area (Å²) in [5.41, 5.74) is 0.0666. The molecule has 80 valence electrons. The van der Waals surface area contributed by atoms with Crippen molar-refractivity contribution in [1.82, 2.24) is 0 Å². The number of nitro groups is 1. The van der Waals surface area contributed by atoms with Crippen LogP contribution in [0.25, 0.3) is 0 Å². The number of ketones is 1. The van der Waals surface area contributed by atoms with Crippen LogP contribution in [0.2, 0.25) is 0 Å². The maximum Gasteiger partial charge on any atom is 0.275 e. The van der Waals surface area contributed by atoms with Crippen molar-refractivity contribution in [3.63, 3.8) is 0 Å². The van der Waals surface area contributed by atoms with Crippen molar-refractivity contribution in [1.29, 1.82) is 0 Å². The summed E-state index contributed by atoms with van der Waals surface area (Å²) < 4.78 is 0.574. The second-order valence-electron chi connectivity index (χ2n) is 2.93. The van der Waals surface area contributed by atoms with Gasteiger partial charge in [-0.15, -0.1) is 11.6 Å². The fourth-order valence-electron chi connectivity index (χ4n) is 1.11. The predicted octanol–water partition coefficient (Wildman–Crippen LogP) is 3.23. The first-order chi connectivity index (χ1) is 6.93. The lowest BCUT2D eigenvalue weighted by Gasteiger charge is -2.06. The topological polar surface area (TPSA) is 60.2 Å². The molecular weight excluding hydrogens is 285 g/mol. The molecule has 0 aliphatic carbocycles. The Labute approximate surface area is 99.5 Å². The molecule has 1 aromatic carbocycles. The van der Waals surface area contributed by atoms with Crippen LogP contribution in [-0.4, -0.2) is 10.7 Å². The number of alkyl halides is 1. The van der Waals surface area contributed by atoms with E-state index in [0.717, 1.165) is 0 Å². The van der Waals surface area contributed by atoms with Crippen LogP contribution < -0.4 is 0 Å². The van der Waals surface area contributed by atoms with E-state index in [-0.39, 0.29) is 17.0 Å². The lowest BCUT2D eigenvalue weighted by Crippen LogP contribution is -2.05. The van der Waals surface area contributed by atoms with Gasteiger partial charge in [-0.1, -0.05) is 15.9 Å². The summed E-state index contributed by atoms with van der Waals surface area (Å²) in [5.74, 6) is -0.318. The van der Waals surface area contributed by atoms with Crippen LogP contribution in [0.4, 0.5) is 5.69 Å². The van der Waals surface area contributed by atoms with E-state index in [2.05, 4.69) is 15.9 Å². The van der Waals surface area contributed by atoms with Gasteiger partial charge in [0.15, 0.2) is 5.78 Å². The zero-order chi connectivity index (χ0) is 11.6. The van der Waals surface area contributed by atoms with Crippen LogP contribution in [0.5, 0.6) is 0 Å². The minimum absolute atomic E-state index is 0.153. The molecule has 1 aromatic rings. The number of nitro benzene ring substituents is 1. The Balaban J connectivity index is 3.28. The van der Waals surface area contributed by atoms with Gasteiger partial charge < -0.3 is 0 Å². The molecule has 1 atom stereocenters. The molecule has 0 aliphatic rings. The highest BCUT2D eigenvalue weighted by atomic mass is 79.9. The fourth-order valence-corrected chi connectivity index (χ4v) is 1.64. The third kappa shape index (κ3) is 2.76. The van der Waals surface area contributed by atoms with Crippen LogP contribution in [0.1, 0.15) is 17.9 Å². The van der Waals surface area contributed by atoms with Crippen LogP contribution in [0.15, 0.2) is 22.7 Å². The Morgan fingerprint density at radius 3 is 2.67 bits per heavy atom. The quantitative estimate of drug-likeness (QED) is 0.488. The number of hydrogen-bond acceptors (Lipinski definition) is 3. The van der Waals surface area contributed by atoms with Gasteiger partial charge >= 0.3 is 0 Å². The molecule has 4 nitrogen and oxygen atoms in total. The zero-order valence-corrected chi connectivity index (χ0v) is 10.1. The first-order valence-corrected chi connectivity index (χ1v) is 5.24. The normalized spacial score (nSPS) is 12.2. The Bertz CT molecular complexity index is 422. The Kier molecular flexibility index (Phi) is 3.82. The number of carbonyl (C=O) groups is 1. The Morgan fingerprint density at radius 1 is 1.60 bits per heavy atom. The molecule has 0 bridgehead atoms. The zero-order valence-electron chi connectivity index (χ0n) is 7.74. The van der Waals surface area contributed by atoms with Gasteiger partial charge in [-0.3, -0.25) is 14.9 Å². The molecule has 0 heterocycles. The van der Waals surface area contributed by atoms with Gasteiger partial charge in [-0.2, -0.15) is 0 Å². The summed E-state index contributed by atoms with van der Waals surface area (Å²) in [6, 6.07) is 4.41. The van der Waals surface area contributed by atoms with Gasteiger partial charge in [-0.25, -0.2) is 0 Å². The Hall–Kier alpha value is -0.940. The van der Waals surface area contributed by atoms with Crippen LogP contribution >= 0.6 is 27.5 Å². The predicted molar refractivity (Wildman–Crippen MR) is 60.1 cm³/mol. The number of hydrogen-bond donors (Lipinski definition) is 0. The molecule has 0 fully saturated rings.